The molecule has 0 unspecified atom stereocenters. The van der Waals surface area contributed by atoms with E-state index < -0.39 is 0 Å². The second-order valence-corrected chi connectivity index (χ2v) is 7.77. The van der Waals surface area contributed by atoms with Crippen LogP contribution in [0.5, 0.6) is 23.0 Å². The molecule has 0 fully saturated rings. The summed E-state index contributed by atoms with van der Waals surface area (Å²) in [4.78, 5) is 0. The van der Waals surface area contributed by atoms with Crippen LogP contribution in [0, 0.1) is 0 Å². The monoisotopic (exact) mass is 410 g/mol. The molecule has 0 heterocycles. The molecule has 4 heteroatoms. The minimum Gasteiger partial charge on any atom is -0.457 e. The Morgan fingerprint density at radius 1 is 0.548 bits per heavy atom. The third-order valence-corrected chi connectivity index (χ3v) is 5.04. The van der Waals surface area contributed by atoms with E-state index in [-0.39, 0.29) is 0 Å². The van der Waals surface area contributed by atoms with Crippen LogP contribution in [-0.2, 0) is 0 Å². The van der Waals surface area contributed by atoms with Gasteiger partial charge in [0.15, 0.2) is 0 Å². The second-order valence-electron chi connectivity index (χ2n) is 7.77. The van der Waals surface area contributed by atoms with E-state index in [1.54, 1.807) is 0 Å². The highest BCUT2D eigenvalue weighted by molar-refractivity contribution is 5.70. The fourth-order valence-electron chi connectivity index (χ4n) is 3.40. The quantitative estimate of drug-likeness (QED) is 0.329. The Morgan fingerprint density at radius 2 is 0.968 bits per heavy atom. The number of nitrogen functional groups attached to an aromatic ring is 2. The Morgan fingerprint density at radius 3 is 1.45 bits per heavy atom. The zero-order valence-corrected chi connectivity index (χ0v) is 17.7. The molecular weight excluding hydrogens is 384 g/mol. The fraction of sp³-hybridized carbons (Fsp3) is 0.111. The lowest BCUT2D eigenvalue weighted by molar-refractivity contribution is 0.482. The predicted molar refractivity (Wildman–Crippen MR) is 128 cm³/mol. The average molecular weight is 411 g/mol. The molecule has 0 aliphatic carbocycles. The fourth-order valence-corrected chi connectivity index (χ4v) is 3.40. The molecule has 0 spiro atoms. The molecular formula is C27H26N2O2. The molecule has 0 aliphatic heterocycles. The van der Waals surface area contributed by atoms with Crippen LogP contribution in [0.2, 0.25) is 0 Å². The molecule has 4 rings (SSSR count). The highest BCUT2D eigenvalue weighted by Gasteiger charge is 2.11. The SMILES string of the molecule is CC(C)c1ccc(Oc2ccc(N)cc2)cc1-c1ccc(Oc2ccc(N)cc2)cc1. The van der Waals surface area contributed by atoms with Gasteiger partial charge < -0.3 is 20.9 Å². The molecule has 0 bridgehead atoms. The van der Waals surface area contributed by atoms with Crippen LogP contribution >= 0.6 is 0 Å². The Labute approximate surface area is 183 Å². The Hall–Kier alpha value is -3.92. The van der Waals surface area contributed by atoms with Crippen LogP contribution in [0.25, 0.3) is 11.1 Å². The highest BCUT2D eigenvalue weighted by atomic mass is 16.5. The maximum atomic E-state index is 6.05. The minimum absolute atomic E-state index is 0.381. The van der Waals surface area contributed by atoms with E-state index in [4.69, 9.17) is 20.9 Å². The Bertz CT molecular complexity index is 1150. The van der Waals surface area contributed by atoms with E-state index in [1.807, 2.05) is 66.7 Å². The first-order valence-electron chi connectivity index (χ1n) is 10.3. The molecule has 4 N–H and O–H groups in total. The van der Waals surface area contributed by atoms with Gasteiger partial charge in [0.2, 0.25) is 0 Å². The van der Waals surface area contributed by atoms with Crippen molar-refractivity contribution in [1.82, 2.24) is 0 Å². The van der Waals surface area contributed by atoms with E-state index in [1.165, 1.54) is 5.56 Å². The standard InChI is InChI=1S/C27H26N2O2/c1-18(2)26-16-15-25(31-24-13-7-21(29)8-14-24)17-27(26)19-3-9-22(10-4-19)30-23-11-5-20(28)6-12-23/h3-18H,28-29H2,1-2H3. The van der Waals surface area contributed by atoms with Crippen molar-refractivity contribution in [2.24, 2.45) is 0 Å². The molecule has 0 saturated carbocycles. The third kappa shape index (κ3) is 4.98. The molecule has 0 radical (unpaired) electrons. The summed E-state index contributed by atoms with van der Waals surface area (Å²) in [5.74, 6) is 3.44. The third-order valence-electron chi connectivity index (χ3n) is 5.04. The molecule has 0 atom stereocenters. The second kappa shape index (κ2) is 8.84. The highest BCUT2D eigenvalue weighted by Crippen LogP contribution is 2.35. The maximum absolute atomic E-state index is 6.05. The van der Waals surface area contributed by atoms with Crippen molar-refractivity contribution in [2.45, 2.75) is 19.8 Å². The van der Waals surface area contributed by atoms with Gasteiger partial charge in [0, 0.05) is 11.4 Å². The maximum Gasteiger partial charge on any atom is 0.128 e. The van der Waals surface area contributed by atoms with Crippen LogP contribution in [0.4, 0.5) is 11.4 Å². The van der Waals surface area contributed by atoms with Crippen molar-refractivity contribution in [3.63, 3.8) is 0 Å². The van der Waals surface area contributed by atoms with Gasteiger partial charge in [-0.15, -0.1) is 0 Å². The average Bonchev–Trinajstić information content (AvgIpc) is 2.77. The van der Waals surface area contributed by atoms with Crippen LogP contribution < -0.4 is 20.9 Å². The summed E-state index contributed by atoms with van der Waals surface area (Å²) in [6.45, 7) is 4.38. The van der Waals surface area contributed by atoms with E-state index in [0.717, 1.165) is 34.1 Å². The van der Waals surface area contributed by atoms with Gasteiger partial charge in [-0.1, -0.05) is 32.0 Å². The minimum atomic E-state index is 0.381. The summed E-state index contributed by atoms with van der Waals surface area (Å²) >= 11 is 0. The number of ether oxygens (including phenoxy) is 2. The van der Waals surface area contributed by atoms with E-state index in [9.17, 15) is 0 Å². The van der Waals surface area contributed by atoms with Gasteiger partial charge in [0.05, 0.1) is 0 Å². The lowest BCUT2D eigenvalue weighted by atomic mass is 9.92. The predicted octanol–water partition coefficient (Wildman–Crippen LogP) is 7.23. The molecule has 0 amide bonds. The number of hydrogen-bond donors (Lipinski definition) is 2. The van der Waals surface area contributed by atoms with E-state index in [0.29, 0.717) is 17.3 Å². The molecule has 4 aromatic carbocycles. The van der Waals surface area contributed by atoms with E-state index >= 15 is 0 Å². The number of hydrogen-bond acceptors (Lipinski definition) is 4. The zero-order chi connectivity index (χ0) is 21.8. The summed E-state index contributed by atoms with van der Waals surface area (Å²) in [5.41, 5.74) is 16.4. The number of nitrogens with two attached hydrogens (primary N) is 2. The lowest BCUT2D eigenvalue weighted by Crippen LogP contribution is -1.94. The topological polar surface area (TPSA) is 70.5 Å². The van der Waals surface area contributed by atoms with E-state index in [2.05, 4.69) is 38.1 Å². The Balaban J connectivity index is 1.60. The Kier molecular flexibility index (Phi) is 5.80. The summed E-state index contributed by atoms with van der Waals surface area (Å²) in [5, 5.41) is 0. The summed E-state index contributed by atoms with van der Waals surface area (Å²) in [6.07, 6.45) is 0. The zero-order valence-electron chi connectivity index (χ0n) is 17.7. The smallest absolute Gasteiger partial charge is 0.128 e. The first-order valence-corrected chi connectivity index (χ1v) is 10.3. The van der Waals surface area contributed by atoms with Crippen LogP contribution in [0.3, 0.4) is 0 Å². The first-order chi connectivity index (χ1) is 15.0. The van der Waals surface area contributed by atoms with Crippen molar-refractivity contribution >= 4 is 11.4 Å². The molecule has 156 valence electrons. The number of benzene rings is 4. The number of rotatable bonds is 6. The van der Waals surface area contributed by atoms with Crippen molar-refractivity contribution in [2.75, 3.05) is 11.5 Å². The van der Waals surface area contributed by atoms with Gasteiger partial charge in [-0.3, -0.25) is 0 Å². The van der Waals surface area contributed by atoms with Gasteiger partial charge in [-0.05, 0) is 95.4 Å². The molecule has 4 aromatic rings. The summed E-state index contributed by atoms with van der Waals surface area (Å²) < 4.78 is 12.0. The molecule has 0 saturated heterocycles. The first kappa shape index (κ1) is 20.4. The van der Waals surface area contributed by atoms with Crippen molar-refractivity contribution in [3.05, 3.63) is 96.6 Å². The normalized spacial score (nSPS) is 10.8. The van der Waals surface area contributed by atoms with Gasteiger partial charge in [-0.25, -0.2) is 0 Å². The van der Waals surface area contributed by atoms with Gasteiger partial charge in [-0.2, -0.15) is 0 Å². The van der Waals surface area contributed by atoms with Crippen LogP contribution in [0.15, 0.2) is 91.0 Å². The van der Waals surface area contributed by atoms with Crippen molar-refractivity contribution < 1.29 is 9.47 Å². The van der Waals surface area contributed by atoms with Crippen LogP contribution in [-0.4, -0.2) is 0 Å². The molecule has 4 nitrogen and oxygen atoms in total. The summed E-state index contributed by atoms with van der Waals surface area (Å²) in [7, 11) is 0. The van der Waals surface area contributed by atoms with Crippen LogP contribution in [0.1, 0.15) is 25.3 Å². The molecule has 0 aliphatic rings. The van der Waals surface area contributed by atoms with Gasteiger partial charge in [0.1, 0.15) is 23.0 Å². The number of anilines is 2. The lowest BCUT2D eigenvalue weighted by Gasteiger charge is -2.16. The van der Waals surface area contributed by atoms with Gasteiger partial charge in [0.25, 0.3) is 0 Å². The largest absolute Gasteiger partial charge is 0.457 e. The molecule has 31 heavy (non-hydrogen) atoms. The van der Waals surface area contributed by atoms with Crippen molar-refractivity contribution in [1.29, 1.82) is 0 Å². The molecule has 0 aromatic heterocycles. The summed E-state index contributed by atoms with van der Waals surface area (Å²) in [6, 6.07) is 29.1. The van der Waals surface area contributed by atoms with Crippen molar-refractivity contribution in [3.8, 4) is 34.1 Å². The van der Waals surface area contributed by atoms with Gasteiger partial charge >= 0.3 is 0 Å².